The minimum Gasteiger partial charge on any atom is -0.496 e. The quantitative estimate of drug-likeness (QED) is 0.652. The second-order valence-electron chi connectivity index (χ2n) is 7.35. The second kappa shape index (κ2) is 10.6. The number of aliphatic carboxylic acids is 1. The molecule has 33 heavy (non-hydrogen) atoms. The largest absolute Gasteiger partial charge is 0.496 e. The molecule has 1 N–H and O–H groups in total. The van der Waals surface area contributed by atoms with Crippen molar-refractivity contribution in [3.05, 3.63) is 36.0 Å². The van der Waals surface area contributed by atoms with Crippen molar-refractivity contribution in [2.45, 2.75) is 6.92 Å². The molecule has 1 aromatic carbocycles. The number of rotatable bonds is 7. The van der Waals surface area contributed by atoms with E-state index in [2.05, 4.69) is 4.98 Å². The van der Waals surface area contributed by atoms with E-state index >= 15 is 0 Å². The first-order valence-corrected chi connectivity index (χ1v) is 10.5. The summed E-state index contributed by atoms with van der Waals surface area (Å²) in [6, 6.07) is 8.51. The number of piperazine rings is 1. The Morgan fingerprint density at radius 1 is 1.06 bits per heavy atom. The Bertz CT molecular complexity index is 1050. The monoisotopic (exact) mass is 458 g/mol. The normalized spacial score (nSPS) is 13.5. The van der Waals surface area contributed by atoms with Gasteiger partial charge in [-0.15, -0.1) is 0 Å². The molecule has 3 amide bonds. The van der Waals surface area contributed by atoms with Crippen molar-refractivity contribution in [3.8, 4) is 5.75 Å². The van der Waals surface area contributed by atoms with Gasteiger partial charge in [0.25, 0.3) is 5.91 Å². The molecule has 0 saturated carbocycles. The van der Waals surface area contributed by atoms with E-state index in [0.717, 1.165) is 4.90 Å². The summed E-state index contributed by atoms with van der Waals surface area (Å²) in [5.74, 6) is -1.95. The first-order chi connectivity index (χ1) is 15.8. The molecule has 3 rings (SSSR count). The summed E-state index contributed by atoms with van der Waals surface area (Å²) in [5, 5.41) is 10.0. The van der Waals surface area contributed by atoms with Gasteiger partial charge < -0.3 is 29.3 Å². The number of amides is 3. The molecule has 0 bridgehead atoms. The summed E-state index contributed by atoms with van der Waals surface area (Å²) >= 11 is 0. The van der Waals surface area contributed by atoms with E-state index in [1.807, 2.05) is 6.07 Å². The average molecular weight is 458 g/mol. The Kier molecular flexibility index (Phi) is 7.65. The maximum absolute atomic E-state index is 13.1. The van der Waals surface area contributed by atoms with E-state index in [9.17, 15) is 24.3 Å². The molecule has 1 fully saturated rings. The van der Waals surface area contributed by atoms with Crippen LogP contribution in [-0.4, -0.2) is 102 Å². The number of fused-ring (bicyclic) bond motifs is 1. The van der Waals surface area contributed by atoms with Crippen LogP contribution in [0, 0.1) is 0 Å². The third kappa shape index (κ3) is 5.68. The van der Waals surface area contributed by atoms with Crippen LogP contribution in [0.5, 0.6) is 5.75 Å². The third-order valence-electron chi connectivity index (χ3n) is 5.22. The Morgan fingerprint density at radius 3 is 2.36 bits per heavy atom. The predicted molar refractivity (Wildman–Crippen MR) is 117 cm³/mol. The number of carboxylic acid groups (broad SMARTS) is 1. The molecule has 2 aromatic rings. The Balaban J connectivity index is 1.74. The number of carboxylic acids is 1. The van der Waals surface area contributed by atoms with Crippen LogP contribution in [0.4, 0.5) is 4.79 Å². The molecule has 1 saturated heterocycles. The molecule has 176 valence electrons. The fraction of sp³-hybridized carbons (Fsp3) is 0.409. The van der Waals surface area contributed by atoms with Crippen LogP contribution < -0.4 is 4.74 Å². The van der Waals surface area contributed by atoms with Gasteiger partial charge in [-0.25, -0.2) is 9.78 Å². The maximum atomic E-state index is 13.1. The van der Waals surface area contributed by atoms with Crippen LogP contribution in [0.1, 0.15) is 17.4 Å². The first kappa shape index (κ1) is 23.8. The van der Waals surface area contributed by atoms with Gasteiger partial charge in [-0.1, -0.05) is 12.1 Å². The van der Waals surface area contributed by atoms with Gasteiger partial charge in [-0.2, -0.15) is 0 Å². The van der Waals surface area contributed by atoms with Crippen LogP contribution in [0.15, 0.2) is 30.3 Å². The number of nitrogens with zero attached hydrogens (tertiary/aromatic N) is 4. The fourth-order valence-electron chi connectivity index (χ4n) is 3.56. The first-order valence-electron chi connectivity index (χ1n) is 10.5. The molecular weight excluding hydrogens is 432 g/mol. The standard InChI is InChI=1S/C22H26N4O7/c1-3-33-22(31)25-10-8-24(9-11-25)19(27)13-26(14-20(28)29)21(30)17-12-18(32-2)15-6-4-5-7-16(15)23-17/h4-7,12H,3,8-11,13-14H2,1-2H3,(H,28,29). The molecule has 0 aliphatic carbocycles. The zero-order valence-electron chi connectivity index (χ0n) is 18.5. The number of hydrogen-bond acceptors (Lipinski definition) is 7. The molecule has 1 aromatic heterocycles. The Labute approximate surface area is 190 Å². The number of para-hydroxylation sites is 1. The van der Waals surface area contributed by atoms with Gasteiger partial charge in [0.2, 0.25) is 5.91 Å². The minimum atomic E-state index is -1.25. The van der Waals surface area contributed by atoms with E-state index in [4.69, 9.17) is 9.47 Å². The lowest BCUT2D eigenvalue weighted by Crippen LogP contribution is -2.53. The van der Waals surface area contributed by atoms with Gasteiger partial charge in [0, 0.05) is 37.6 Å². The molecule has 0 unspecified atom stereocenters. The third-order valence-corrected chi connectivity index (χ3v) is 5.22. The molecule has 0 radical (unpaired) electrons. The van der Waals surface area contributed by atoms with E-state index < -0.39 is 37.0 Å². The van der Waals surface area contributed by atoms with Gasteiger partial charge in [-0.3, -0.25) is 14.4 Å². The highest BCUT2D eigenvalue weighted by atomic mass is 16.6. The van der Waals surface area contributed by atoms with Gasteiger partial charge in [0.05, 0.1) is 19.2 Å². The predicted octanol–water partition coefficient (Wildman–Crippen LogP) is 1.07. The minimum absolute atomic E-state index is 0.0215. The van der Waals surface area contributed by atoms with E-state index in [1.54, 1.807) is 25.1 Å². The summed E-state index contributed by atoms with van der Waals surface area (Å²) in [7, 11) is 1.46. The number of methoxy groups -OCH3 is 1. The van der Waals surface area contributed by atoms with Crippen molar-refractivity contribution in [3.63, 3.8) is 0 Å². The van der Waals surface area contributed by atoms with Crippen LogP contribution in [0.25, 0.3) is 10.9 Å². The number of ether oxygens (including phenoxy) is 2. The van der Waals surface area contributed by atoms with Crippen molar-refractivity contribution in [2.24, 2.45) is 0 Å². The molecule has 11 nitrogen and oxygen atoms in total. The summed E-state index contributed by atoms with van der Waals surface area (Å²) in [6.07, 6.45) is -0.441. The molecule has 11 heteroatoms. The highest BCUT2D eigenvalue weighted by molar-refractivity contribution is 5.99. The summed E-state index contributed by atoms with van der Waals surface area (Å²) in [4.78, 5) is 57.4. The topological polar surface area (TPSA) is 130 Å². The van der Waals surface area contributed by atoms with Crippen LogP contribution in [-0.2, 0) is 14.3 Å². The number of aromatic nitrogens is 1. The van der Waals surface area contributed by atoms with Gasteiger partial charge in [-0.05, 0) is 19.1 Å². The fourth-order valence-corrected chi connectivity index (χ4v) is 3.56. The molecule has 0 spiro atoms. The average Bonchev–Trinajstić information content (AvgIpc) is 2.82. The maximum Gasteiger partial charge on any atom is 0.409 e. The number of benzene rings is 1. The number of hydrogen-bond donors (Lipinski definition) is 1. The smallest absolute Gasteiger partial charge is 0.409 e. The van der Waals surface area contributed by atoms with Crippen molar-refractivity contribution in [1.29, 1.82) is 0 Å². The van der Waals surface area contributed by atoms with E-state index in [1.165, 1.54) is 23.0 Å². The number of carbonyl (C=O) groups is 4. The van der Waals surface area contributed by atoms with Crippen LogP contribution in [0.3, 0.4) is 0 Å². The van der Waals surface area contributed by atoms with Gasteiger partial charge in [0.1, 0.15) is 24.5 Å². The van der Waals surface area contributed by atoms with E-state index in [0.29, 0.717) is 29.7 Å². The van der Waals surface area contributed by atoms with Gasteiger partial charge in [0.15, 0.2) is 0 Å². The summed E-state index contributed by atoms with van der Waals surface area (Å²) in [6.45, 7) is 1.99. The van der Waals surface area contributed by atoms with Crippen molar-refractivity contribution in [2.75, 3.05) is 53.0 Å². The second-order valence-corrected chi connectivity index (χ2v) is 7.35. The molecule has 2 heterocycles. The lowest BCUT2D eigenvalue weighted by molar-refractivity contribution is -0.139. The highest BCUT2D eigenvalue weighted by Crippen LogP contribution is 2.25. The molecule has 1 aliphatic heterocycles. The zero-order valence-corrected chi connectivity index (χ0v) is 18.5. The van der Waals surface area contributed by atoms with Crippen LogP contribution >= 0.6 is 0 Å². The Hall–Kier alpha value is -3.89. The lowest BCUT2D eigenvalue weighted by Gasteiger charge is -2.35. The summed E-state index contributed by atoms with van der Waals surface area (Å²) in [5.41, 5.74) is 0.489. The van der Waals surface area contributed by atoms with Crippen molar-refractivity contribution >= 4 is 34.8 Å². The Morgan fingerprint density at radius 2 is 1.73 bits per heavy atom. The van der Waals surface area contributed by atoms with Crippen molar-refractivity contribution < 1.29 is 33.8 Å². The summed E-state index contributed by atoms with van der Waals surface area (Å²) < 4.78 is 10.3. The zero-order chi connectivity index (χ0) is 24.0. The SMILES string of the molecule is CCOC(=O)N1CCN(C(=O)CN(CC(=O)O)C(=O)c2cc(OC)c3ccccc3n2)CC1. The van der Waals surface area contributed by atoms with Crippen molar-refractivity contribution in [1.82, 2.24) is 19.7 Å². The lowest BCUT2D eigenvalue weighted by atomic mass is 10.1. The van der Waals surface area contributed by atoms with Crippen LogP contribution in [0.2, 0.25) is 0 Å². The van der Waals surface area contributed by atoms with Gasteiger partial charge >= 0.3 is 12.1 Å². The highest BCUT2D eigenvalue weighted by Gasteiger charge is 2.29. The molecule has 1 aliphatic rings. The molecular formula is C22H26N4O7. The number of pyridine rings is 1. The van der Waals surface area contributed by atoms with E-state index in [-0.39, 0.29) is 25.4 Å². The number of carbonyl (C=O) groups excluding carboxylic acids is 3. The molecule has 0 atom stereocenters.